The van der Waals surface area contributed by atoms with Crippen LogP contribution in [0.25, 0.3) is 0 Å². The van der Waals surface area contributed by atoms with E-state index in [1.807, 2.05) is 19.1 Å². The zero-order valence-corrected chi connectivity index (χ0v) is 12.5. The van der Waals surface area contributed by atoms with E-state index in [1.54, 1.807) is 19.1 Å². The Morgan fingerprint density at radius 2 is 2.05 bits per heavy atom. The number of nitrogens with zero attached hydrogens (tertiary/aromatic N) is 3. The third-order valence-electron chi connectivity index (χ3n) is 3.37. The molecule has 1 aromatic carbocycles. The van der Waals surface area contributed by atoms with Gasteiger partial charge in [0.05, 0.1) is 5.56 Å². The van der Waals surface area contributed by atoms with Crippen LogP contribution in [0, 0.1) is 17.0 Å². The maximum absolute atomic E-state index is 11.9. The summed E-state index contributed by atoms with van der Waals surface area (Å²) in [5, 5.41) is 10.9. The van der Waals surface area contributed by atoms with Crippen LogP contribution in [-0.2, 0) is 17.7 Å². The second-order valence-corrected chi connectivity index (χ2v) is 4.76. The summed E-state index contributed by atoms with van der Waals surface area (Å²) in [6, 6.07) is 7.18. The first kappa shape index (κ1) is 15.7. The molecule has 1 heterocycles. The molecule has 0 unspecified atom stereocenters. The van der Waals surface area contributed by atoms with Crippen molar-refractivity contribution in [1.82, 2.24) is 9.55 Å². The predicted molar refractivity (Wildman–Crippen MR) is 79.7 cm³/mol. The molecule has 0 fully saturated rings. The molecule has 0 bridgehead atoms. The number of benzene rings is 1. The molecule has 7 heteroatoms. The van der Waals surface area contributed by atoms with Gasteiger partial charge in [0, 0.05) is 6.92 Å². The molecule has 116 valence electrons. The summed E-state index contributed by atoms with van der Waals surface area (Å²) >= 11 is 0. The van der Waals surface area contributed by atoms with Crippen molar-refractivity contribution in [2.24, 2.45) is 0 Å². The number of nitro groups is 1. The number of aryl methyl sites for hydroxylation is 2. The van der Waals surface area contributed by atoms with Crippen molar-refractivity contribution in [2.75, 3.05) is 6.61 Å². The largest absolute Gasteiger partial charge is 0.458 e. The Morgan fingerprint density at radius 3 is 2.64 bits per heavy atom. The SMILES string of the molecule is CCc1ccc(C(=O)OCCn2c([N+](=O)[O-])cnc2C)cc1. The normalized spacial score (nSPS) is 10.5. The van der Waals surface area contributed by atoms with Crippen molar-refractivity contribution in [3.05, 3.63) is 57.5 Å². The molecule has 22 heavy (non-hydrogen) atoms. The monoisotopic (exact) mass is 303 g/mol. The fourth-order valence-corrected chi connectivity index (χ4v) is 2.07. The van der Waals surface area contributed by atoms with Gasteiger partial charge in [0.2, 0.25) is 0 Å². The van der Waals surface area contributed by atoms with Crippen molar-refractivity contribution in [2.45, 2.75) is 26.8 Å². The molecule has 1 aromatic heterocycles. The van der Waals surface area contributed by atoms with E-state index in [4.69, 9.17) is 4.74 Å². The minimum Gasteiger partial charge on any atom is -0.458 e. The van der Waals surface area contributed by atoms with Crippen molar-refractivity contribution in [1.29, 1.82) is 0 Å². The lowest BCUT2D eigenvalue weighted by Gasteiger charge is -2.06. The topological polar surface area (TPSA) is 87.3 Å². The summed E-state index contributed by atoms with van der Waals surface area (Å²) < 4.78 is 6.56. The number of aromatic nitrogens is 2. The lowest BCUT2D eigenvalue weighted by atomic mass is 10.1. The van der Waals surface area contributed by atoms with E-state index < -0.39 is 10.9 Å². The fraction of sp³-hybridized carbons (Fsp3) is 0.333. The molecular weight excluding hydrogens is 286 g/mol. The first-order chi connectivity index (χ1) is 10.5. The van der Waals surface area contributed by atoms with Crippen LogP contribution < -0.4 is 0 Å². The average molecular weight is 303 g/mol. The van der Waals surface area contributed by atoms with E-state index in [-0.39, 0.29) is 19.0 Å². The third kappa shape index (κ3) is 3.49. The summed E-state index contributed by atoms with van der Waals surface area (Å²) in [7, 11) is 0. The molecule has 0 saturated carbocycles. The van der Waals surface area contributed by atoms with Crippen LogP contribution in [0.3, 0.4) is 0 Å². The Labute approximate surface area is 127 Å². The average Bonchev–Trinajstić information content (AvgIpc) is 2.88. The smallest absolute Gasteiger partial charge is 0.342 e. The van der Waals surface area contributed by atoms with Gasteiger partial charge in [-0.15, -0.1) is 0 Å². The van der Waals surface area contributed by atoms with Gasteiger partial charge < -0.3 is 14.9 Å². The molecule has 2 rings (SSSR count). The van der Waals surface area contributed by atoms with Crippen molar-refractivity contribution in [3.63, 3.8) is 0 Å². The van der Waals surface area contributed by atoms with Gasteiger partial charge in [-0.05, 0) is 29.0 Å². The maximum atomic E-state index is 11.9. The van der Waals surface area contributed by atoms with E-state index >= 15 is 0 Å². The molecule has 0 aliphatic heterocycles. The maximum Gasteiger partial charge on any atom is 0.342 e. The molecule has 0 aliphatic carbocycles. The van der Waals surface area contributed by atoms with Gasteiger partial charge in [-0.2, -0.15) is 0 Å². The molecule has 0 radical (unpaired) electrons. The van der Waals surface area contributed by atoms with E-state index in [0.717, 1.165) is 12.0 Å². The number of imidazole rings is 1. The zero-order valence-electron chi connectivity index (χ0n) is 12.5. The van der Waals surface area contributed by atoms with Crippen LogP contribution in [0.1, 0.15) is 28.7 Å². The quantitative estimate of drug-likeness (QED) is 0.465. The summed E-state index contributed by atoms with van der Waals surface area (Å²) in [6.07, 6.45) is 2.10. The summed E-state index contributed by atoms with van der Waals surface area (Å²) in [5.74, 6) is -0.0426. The predicted octanol–water partition coefficient (Wildman–Crippen LogP) is 2.52. The minimum absolute atomic E-state index is 0.0480. The van der Waals surface area contributed by atoms with Crippen LogP contribution in [0.4, 0.5) is 5.82 Å². The number of hydrogen-bond donors (Lipinski definition) is 0. The van der Waals surface area contributed by atoms with E-state index in [0.29, 0.717) is 11.4 Å². The number of carbonyl (C=O) groups is 1. The van der Waals surface area contributed by atoms with Crippen LogP contribution in [0.2, 0.25) is 0 Å². The molecule has 0 atom stereocenters. The summed E-state index contributed by atoms with van der Waals surface area (Å²) in [4.78, 5) is 26.1. The van der Waals surface area contributed by atoms with Gasteiger partial charge in [0.25, 0.3) is 0 Å². The molecule has 0 aliphatic rings. The molecule has 0 amide bonds. The minimum atomic E-state index is -0.509. The van der Waals surface area contributed by atoms with Gasteiger partial charge >= 0.3 is 11.8 Å². The second kappa shape index (κ2) is 6.84. The van der Waals surface area contributed by atoms with Gasteiger partial charge in [-0.25, -0.2) is 14.3 Å². The number of hydrogen-bond acceptors (Lipinski definition) is 5. The summed E-state index contributed by atoms with van der Waals surface area (Å²) in [6.45, 7) is 3.94. The molecule has 2 aromatic rings. The van der Waals surface area contributed by atoms with Gasteiger partial charge in [-0.3, -0.25) is 0 Å². The first-order valence-corrected chi connectivity index (χ1v) is 6.95. The van der Waals surface area contributed by atoms with Crippen LogP contribution >= 0.6 is 0 Å². The Balaban J connectivity index is 1.94. The van der Waals surface area contributed by atoms with Crippen molar-refractivity contribution >= 4 is 11.8 Å². The van der Waals surface area contributed by atoms with E-state index in [9.17, 15) is 14.9 Å². The lowest BCUT2D eigenvalue weighted by molar-refractivity contribution is -0.392. The van der Waals surface area contributed by atoms with Crippen LogP contribution in [0.15, 0.2) is 30.5 Å². The van der Waals surface area contributed by atoms with E-state index in [1.165, 1.54) is 10.8 Å². The van der Waals surface area contributed by atoms with Crippen molar-refractivity contribution < 1.29 is 14.5 Å². The number of ether oxygens (including phenoxy) is 1. The van der Waals surface area contributed by atoms with Gasteiger partial charge in [0.1, 0.15) is 19.3 Å². The van der Waals surface area contributed by atoms with E-state index in [2.05, 4.69) is 4.98 Å². The second-order valence-electron chi connectivity index (χ2n) is 4.76. The number of esters is 1. The Kier molecular flexibility index (Phi) is 4.88. The van der Waals surface area contributed by atoms with Gasteiger partial charge in [0.15, 0.2) is 5.82 Å². The van der Waals surface area contributed by atoms with Crippen LogP contribution in [0.5, 0.6) is 0 Å². The third-order valence-corrected chi connectivity index (χ3v) is 3.37. The molecular formula is C15H17N3O4. The van der Waals surface area contributed by atoms with Gasteiger partial charge in [-0.1, -0.05) is 19.1 Å². The Morgan fingerprint density at radius 1 is 1.36 bits per heavy atom. The Hall–Kier alpha value is -2.70. The molecule has 7 nitrogen and oxygen atoms in total. The highest BCUT2D eigenvalue weighted by atomic mass is 16.6. The number of rotatable bonds is 6. The lowest BCUT2D eigenvalue weighted by Crippen LogP contribution is -2.13. The Bertz CT molecular complexity index is 677. The summed E-state index contributed by atoms with van der Waals surface area (Å²) in [5.41, 5.74) is 1.61. The zero-order chi connectivity index (χ0) is 16.1. The van der Waals surface area contributed by atoms with Crippen molar-refractivity contribution in [3.8, 4) is 0 Å². The van der Waals surface area contributed by atoms with Crippen LogP contribution in [-0.4, -0.2) is 27.1 Å². The fourth-order valence-electron chi connectivity index (χ4n) is 2.07. The highest BCUT2D eigenvalue weighted by Gasteiger charge is 2.17. The standard InChI is InChI=1S/C15H17N3O4/c1-3-12-4-6-13(7-5-12)15(19)22-9-8-17-11(2)16-10-14(17)18(20)21/h4-7,10H,3,8-9H2,1-2H3. The first-order valence-electron chi connectivity index (χ1n) is 6.95. The number of carbonyl (C=O) groups excluding carboxylic acids is 1. The highest BCUT2D eigenvalue weighted by molar-refractivity contribution is 5.89. The molecule has 0 N–H and O–H groups in total. The highest BCUT2D eigenvalue weighted by Crippen LogP contribution is 2.13. The molecule has 0 saturated heterocycles. The molecule has 0 spiro atoms.